The average molecular weight is 399 g/mol. The van der Waals surface area contributed by atoms with Crippen molar-refractivity contribution in [3.8, 4) is 0 Å². The molecular weight excluding hydrogens is 379 g/mol. The highest BCUT2D eigenvalue weighted by atomic mass is 32.2. The van der Waals surface area contributed by atoms with E-state index in [0.29, 0.717) is 5.56 Å². The molecule has 8 heteroatoms. The SMILES string of the molecule is CC(C)S(=O)(=O)c1ccc(C(=O)N[C@H](C)c2cccc(C(F)(F)F)c2)cc1. The highest BCUT2D eigenvalue weighted by Crippen LogP contribution is 2.30. The van der Waals surface area contributed by atoms with Crippen LogP contribution in [0.1, 0.15) is 48.3 Å². The van der Waals surface area contributed by atoms with E-state index >= 15 is 0 Å². The predicted octanol–water partition coefficient (Wildman–Crippen LogP) is 4.38. The van der Waals surface area contributed by atoms with E-state index < -0.39 is 38.8 Å². The first kappa shape index (κ1) is 21.0. The normalized spacial score (nSPS) is 13.4. The lowest BCUT2D eigenvalue weighted by atomic mass is 10.0. The largest absolute Gasteiger partial charge is 0.416 e. The molecule has 4 nitrogen and oxygen atoms in total. The Labute approximate surface area is 156 Å². The molecule has 0 radical (unpaired) electrons. The summed E-state index contributed by atoms with van der Waals surface area (Å²) in [6.07, 6.45) is -4.46. The third-order valence-electron chi connectivity index (χ3n) is 4.13. The Morgan fingerprint density at radius 1 is 1.00 bits per heavy atom. The Bertz CT molecular complexity index is 920. The number of amides is 1. The summed E-state index contributed by atoms with van der Waals surface area (Å²) in [5, 5.41) is 2.03. The average Bonchev–Trinajstić information content (AvgIpc) is 2.61. The topological polar surface area (TPSA) is 63.2 Å². The highest BCUT2D eigenvalue weighted by molar-refractivity contribution is 7.92. The second-order valence-electron chi connectivity index (χ2n) is 6.44. The van der Waals surface area contributed by atoms with E-state index in [2.05, 4.69) is 5.32 Å². The van der Waals surface area contributed by atoms with Crippen molar-refractivity contribution in [1.29, 1.82) is 0 Å². The number of hydrogen-bond donors (Lipinski definition) is 1. The third-order valence-corrected chi connectivity index (χ3v) is 6.30. The molecule has 2 aromatic carbocycles. The highest BCUT2D eigenvalue weighted by Gasteiger charge is 2.30. The molecule has 0 aliphatic carbocycles. The maximum Gasteiger partial charge on any atom is 0.416 e. The zero-order valence-corrected chi connectivity index (χ0v) is 15.9. The van der Waals surface area contributed by atoms with Crippen LogP contribution >= 0.6 is 0 Å². The van der Waals surface area contributed by atoms with Gasteiger partial charge in [0.2, 0.25) is 0 Å². The zero-order valence-electron chi connectivity index (χ0n) is 15.0. The van der Waals surface area contributed by atoms with Crippen molar-refractivity contribution in [2.75, 3.05) is 0 Å². The summed E-state index contributed by atoms with van der Waals surface area (Å²) in [4.78, 5) is 12.4. The number of carbonyl (C=O) groups is 1. The lowest BCUT2D eigenvalue weighted by molar-refractivity contribution is -0.137. The first-order valence-corrected chi connectivity index (χ1v) is 9.79. The summed E-state index contributed by atoms with van der Waals surface area (Å²) < 4.78 is 62.6. The van der Waals surface area contributed by atoms with Gasteiger partial charge < -0.3 is 5.32 Å². The molecule has 27 heavy (non-hydrogen) atoms. The van der Waals surface area contributed by atoms with Crippen LogP contribution in [0.25, 0.3) is 0 Å². The minimum Gasteiger partial charge on any atom is -0.346 e. The number of carbonyl (C=O) groups excluding carboxylic acids is 1. The molecule has 0 bridgehead atoms. The van der Waals surface area contributed by atoms with Crippen LogP contribution in [-0.4, -0.2) is 19.6 Å². The Hall–Kier alpha value is -2.35. The Kier molecular flexibility index (Phi) is 5.99. The summed E-state index contributed by atoms with van der Waals surface area (Å²) in [5.41, 5.74) is -0.252. The molecule has 0 heterocycles. The van der Waals surface area contributed by atoms with E-state index in [4.69, 9.17) is 0 Å². The number of benzene rings is 2. The van der Waals surface area contributed by atoms with Crippen molar-refractivity contribution in [2.24, 2.45) is 0 Å². The predicted molar refractivity (Wildman–Crippen MR) is 96.1 cm³/mol. The molecule has 0 fully saturated rings. The van der Waals surface area contributed by atoms with E-state index in [-0.39, 0.29) is 10.5 Å². The third kappa shape index (κ3) is 4.88. The molecule has 0 aliphatic rings. The van der Waals surface area contributed by atoms with Crippen LogP contribution < -0.4 is 5.32 Å². The van der Waals surface area contributed by atoms with Crippen LogP contribution in [0.5, 0.6) is 0 Å². The lowest BCUT2D eigenvalue weighted by Crippen LogP contribution is -2.27. The number of rotatable bonds is 5. The lowest BCUT2D eigenvalue weighted by Gasteiger charge is -2.16. The molecule has 0 saturated heterocycles. The fourth-order valence-electron chi connectivity index (χ4n) is 2.42. The van der Waals surface area contributed by atoms with Crippen LogP contribution in [0.15, 0.2) is 53.4 Å². The Morgan fingerprint density at radius 2 is 1.59 bits per heavy atom. The number of hydrogen-bond acceptors (Lipinski definition) is 3. The molecule has 0 aliphatic heterocycles. The molecular formula is C19H20F3NO3S. The van der Waals surface area contributed by atoms with Gasteiger partial charge in [0.25, 0.3) is 5.91 Å². The minimum atomic E-state index is -4.46. The van der Waals surface area contributed by atoms with Crippen molar-refractivity contribution >= 4 is 15.7 Å². The number of alkyl halides is 3. The summed E-state index contributed by atoms with van der Waals surface area (Å²) in [6.45, 7) is 4.70. The van der Waals surface area contributed by atoms with Gasteiger partial charge in [-0.15, -0.1) is 0 Å². The molecule has 1 N–H and O–H groups in total. The maximum atomic E-state index is 12.8. The molecule has 0 spiro atoms. The molecule has 1 amide bonds. The van der Waals surface area contributed by atoms with Crippen molar-refractivity contribution in [3.63, 3.8) is 0 Å². The summed E-state index contributed by atoms with van der Waals surface area (Å²) in [7, 11) is -3.44. The number of sulfone groups is 1. The first-order valence-electron chi connectivity index (χ1n) is 8.25. The van der Waals surface area contributed by atoms with Crippen molar-refractivity contribution in [3.05, 3.63) is 65.2 Å². The van der Waals surface area contributed by atoms with Gasteiger partial charge in [0.15, 0.2) is 9.84 Å². The van der Waals surface area contributed by atoms with Crippen LogP contribution in [-0.2, 0) is 16.0 Å². The van der Waals surface area contributed by atoms with Crippen molar-refractivity contribution < 1.29 is 26.4 Å². The zero-order chi connectivity index (χ0) is 20.4. The van der Waals surface area contributed by atoms with Gasteiger partial charge in [0, 0.05) is 5.56 Å². The van der Waals surface area contributed by atoms with Gasteiger partial charge in [-0.05, 0) is 62.7 Å². The van der Waals surface area contributed by atoms with Gasteiger partial charge >= 0.3 is 6.18 Å². The van der Waals surface area contributed by atoms with E-state index in [1.165, 1.54) is 36.4 Å². The van der Waals surface area contributed by atoms with Gasteiger partial charge in [-0.2, -0.15) is 13.2 Å². The van der Waals surface area contributed by atoms with E-state index in [0.717, 1.165) is 12.1 Å². The smallest absolute Gasteiger partial charge is 0.346 e. The van der Waals surface area contributed by atoms with Gasteiger partial charge in [-0.25, -0.2) is 8.42 Å². The molecule has 0 aromatic heterocycles. The van der Waals surface area contributed by atoms with Crippen molar-refractivity contribution in [1.82, 2.24) is 5.32 Å². The second-order valence-corrected chi connectivity index (χ2v) is 8.94. The van der Waals surface area contributed by atoms with Crippen LogP contribution in [0, 0.1) is 0 Å². The minimum absolute atomic E-state index is 0.111. The van der Waals surface area contributed by atoms with Crippen molar-refractivity contribution in [2.45, 2.75) is 43.1 Å². The molecule has 0 saturated carbocycles. The van der Waals surface area contributed by atoms with Gasteiger partial charge in [-0.1, -0.05) is 12.1 Å². The van der Waals surface area contributed by atoms with E-state index in [1.54, 1.807) is 20.8 Å². The Balaban J connectivity index is 2.16. The first-order chi connectivity index (χ1) is 12.4. The van der Waals surface area contributed by atoms with E-state index in [9.17, 15) is 26.4 Å². The van der Waals surface area contributed by atoms with Gasteiger partial charge in [0.05, 0.1) is 21.8 Å². The second kappa shape index (κ2) is 7.72. The van der Waals surface area contributed by atoms with Crippen LogP contribution in [0.3, 0.4) is 0 Å². The molecule has 1 atom stereocenters. The fourth-order valence-corrected chi connectivity index (χ4v) is 3.48. The Morgan fingerprint density at radius 3 is 2.11 bits per heavy atom. The maximum absolute atomic E-state index is 12.8. The fraction of sp³-hybridized carbons (Fsp3) is 0.316. The molecule has 2 rings (SSSR count). The summed E-state index contributed by atoms with van der Waals surface area (Å²) in [5.74, 6) is -0.506. The number of nitrogens with one attached hydrogen (secondary N) is 1. The molecule has 2 aromatic rings. The number of halogens is 3. The standard InChI is InChI=1S/C19H20F3NO3S/c1-12(2)27(25,26)17-9-7-14(8-10-17)18(24)23-13(3)15-5-4-6-16(11-15)19(20,21)22/h4-13H,1-3H3,(H,23,24)/t13-/m1/s1. The quantitative estimate of drug-likeness (QED) is 0.812. The van der Waals surface area contributed by atoms with Crippen LogP contribution in [0.2, 0.25) is 0 Å². The van der Waals surface area contributed by atoms with Crippen LogP contribution in [0.4, 0.5) is 13.2 Å². The summed E-state index contributed by atoms with van der Waals surface area (Å²) >= 11 is 0. The molecule has 146 valence electrons. The summed E-state index contributed by atoms with van der Waals surface area (Å²) in [6, 6.07) is 9.53. The monoisotopic (exact) mass is 399 g/mol. The molecule has 0 unspecified atom stereocenters. The van der Waals surface area contributed by atoms with Gasteiger partial charge in [0.1, 0.15) is 0 Å². The van der Waals surface area contributed by atoms with E-state index in [1.807, 2.05) is 0 Å². The van der Waals surface area contributed by atoms with Gasteiger partial charge in [-0.3, -0.25) is 4.79 Å².